The molecule has 0 saturated carbocycles. The van der Waals surface area contributed by atoms with E-state index < -0.39 is 20.0 Å². The van der Waals surface area contributed by atoms with Crippen LogP contribution in [0.3, 0.4) is 0 Å². The summed E-state index contributed by atoms with van der Waals surface area (Å²) in [4.78, 5) is 0.0990. The molecule has 0 atom stereocenters. The third kappa shape index (κ3) is 4.86. The Morgan fingerprint density at radius 3 is 2.50 bits per heavy atom. The van der Waals surface area contributed by atoms with Crippen molar-refractivity contribution in [1.29, 1.82) is 0 Å². The molecule has 0 radical (unpaired) electrons. The van der Waals surface area contributed by atoms with Crippen molar-refractivity contribution in [2.75, 3.05) is 23.1 Å². The van der Waals surface area contributed by atoms with E-state index in [-0.39, 0.29) is 17.2 Å². The Morgan fingerprint density at radius 2 is 1.82 bits per heavy atom. The van der Waals surface area contributed by atoms with Crippen LogP contribution in [0.5, 0.6) is 0 Å². The second kappa shape index (κ2) is 8.41. The fourth-order valence-electron chi connectivity index (χ4n) is 3.17. The Morgan fingerprint density at radius 1 is 1.11 bits per heavy atom. The molecule has 2 aromatic carbocycles. The first kappa shape index (κ1) is 21.1. The van der Waals surface area contributed by atoms with Crippen molar-refractivity contribution in [3.05, 3.63) is 58.6 Å². The first-order chi connectivity index (χ1) is 13.2. The molecule has 9 heteroatoms. The van der Waals surface area contributed by atoms with Crippen LogP contribution in [-0.4, -0.2) is 35.7 Å². The smallest absolute Gasteiger partial charge is 0.240 e. The summed E-state index contributed by atoms with van der Waals surface area (Å²) < 4.78 is 54.2. The standard InChI is InChI=1S/C19H23ClN2O4S2/c1-15-4-9-18(22-12-2-3-13-27(22,23)24)14-19(15)28(25,26)21-11-10-16-5-7-17(20)8-6-16/h4-9,14,21H,2-3,10-13H2,1H3. The van der Waals surface area contributed by atoms with Crippen molar-refractivity contribution in [3.63, 3.8) is 0 Å². The molecule has 0 aromatic heterocycles. The quantitative estimate of drug-likeness (QED) is 0.745. The monoisotopic (exact) mass is 442 g/mol. The van der Waals surface area contributed by atoms with Gasteiger partial charge in [0.05, 0.1) is 16.3 Å². The minimum atomic E-state index is -3.77. The minimum Gasteiger partial charge on any atom is -0.270 e. The fraction of sp³-hybridized carbons (Fsp3) is 0.368. The highest BCUT2D eigenvalue weighted by molar-refractivity contribution is 7.92. The molecule has 1 heterocycles. The molecule has 1 aliphatic rings. The van der Waals surface area contributed by atoms with Gasteiger partial charge in [0.15, 0.2) is 0 Å². The summed E-state index contributed by atoms with van der Waals surface area (Å²) in [6.45, 7) is 2.30. The van der Waals surface area contributed by atoms with E-state index in [0.29, 0.717) is 35.7 Å². The van der Waals surface area contributed by atoms with Crippen LogP contribution in [0.15, 0.2) is 47.4 Å². The number of hydrogen-bond acceptors (Lipinski definition) is 4. The summed E-state index contributed by atoms with van der Waals surface area (Å²) in [6, 6.07) is 12.0. The molecule has 0 unspecified atom stereocenters. The number of hydrogen-bond donors (Lipinski definition) is 1. The van der Waals surface area contributed by atoms with Gasteiger partial charge in [0.25, 0.3) is 0 Å². The molecule has 0 aliphatic carbocycles. The van der Waals surface area contributed by atoms with Crippen LogP contribution < -0.4 is 9.03 Å². The van der Waals surface area contributed by atoms with Gasteiger partial charge in [0, 0.05) is 18.1 Å². The van der Waals surface area contributed by atoms with Crippen LogP contribution in [0.1, 0.15) is 24.0 Å². The maximum atomic E-state index is 12.8. The van der Waals surface area contributed by atoms with Gasteiger partial charge >= 0.3 is 0 Å². The number of anilines is 1. The van der Waals surface area contributed by atoms with Crippen LogP contribution in [0.25, 0.3) is 0 Å². The molecule has 0 spiro atoms. The lowest BCUT2D eigenvalue weighted by molar-refractivity contribution is 0.573. The van der Waals surface area contributed by atoms with Gasteiger partial charge in [0.2, 0.25) is 20.0 Å². The Bertz CT molecular complexity index is 1050. The van der Waals surface area contributed by atoms with Gasteiger partial charge < -0.3 is 0 Å². The van der Waals surface area contributed by atoms with E-state index in [4.69, 9.17) is 11.6 Å². The normalized spacial score (nSPS) is 16.9. The highest BCUT2D eigenvalue weighted by Gasteiger charge is 2.27. The van der Waals surface area contributed by atoms with Crippen molar-refractivity contribution in [2.24, 2.45) is 0 Å². The van der Waals surface area contributed by atoms with E-state index >= 15 is 0 Å². The van der Waals surface area contributed by atoms with Gasteiger partial charge in [-0.1, -0.05) is 29.8 Å². The van der Waals surface area contributed by atoms with Crippen molar-refractivity contribution in [2.45, 2.75) is 31.1 Å². The summed E-state index contributed by atoms with van der Waals surface area (Å²) in [5, 5.41) is 0.629. The third-order valence-corrected chi connectivity index (χ3v) is 8.44. The van der Waals surface area contributed by atoms with Crippen molar-refractivity contribution < 1.29 is 16.8 Å². The maximum Gasteiger partial charge on any atom is 0.240 e. The molecule has 3 rings (SSSR count). The Kier molecular flexibility index (Phi) is 6.34. The van der Waals surface area contributed by atoms with Crippen molar-refractivity contribution >= 4 is 37.3 Å². The minimum absolute atomic E-state index is 0.0856. The molecule has 2 aromatic rings. The van der Waals surface area contributed by atoms with Crippen molar-refractivity contribution in [3.8, 4) is 0 Å². The van der Waals surface area contributed by atoms with Crippen LogP contribution in [0.4, 0.5) is 5.69 Å². The lowest BCUT2D eigenvalue weighted by atomic mass is 10.2. The van der Waals surface area contributed by atoms with Gasteiger partial charge in [-0.3, -0.25) is 4.31 Å². The molecule has 1 fully saturated rings. The van der Waals surface area contributed by atoms with Gasteiger partial charge in [-0.15, -0.1) is 0 Å². The molecule has 1 saturated heterocycles. The second-order valence-corrected chi connectivity index (χ2v) is 11.0. The molecule has 1 N–H and O–H groups in total. The number of sulfonamides is 2. The van der Waals surface area contributed by atoms with Crippen LogP contribution >= 0.6 is 11.6 Å². The lowest BCUT2D eigenvalue weighted by Gasteiger charge is -2.28. The SMILES string of the molecule is Cc1ccc(N2CCCCS2(=O)=O)cc1S(=O)(=O)NCCc1ccc(Cl)cc1. The summed E-state index contributed by atoms with van der Waals surface area (Å²) in [5.41, 5.74) is 1.93. The third-order valence-electron chi connectivity index (χ3n) is 4.72. The average Bonchev–Trinajstić information content (AvgIpc) is 2.63. The zero-order valence-corrected chi connectivity index (χ0v) is 17.9. The molecular formula is C19H23ClN2O4S2. The predicted molar refractivity (Wildman–Crippen MR) is 112 cm³/mol. The number of rotatable bonds is 6. The summed E-state index contributed by atoms with van der Waals surface area (Å²) in [7, 11) is -7.17. The van der Waals surface area contributed by atoms with E-state index in [0.717, 1.165) is 12.0 Å². The maximum absolute atomic E-state index is 12.8. The number of halogens is 1. The zero-order chi connectivity index (χ0) is 20.4. The van der Waals surface area contributed by atoms with E-state index in [1.165, 1.54) is 10.4 Å². The van der Waals surface area contributed by atoms with Crippen LogP contribution in [-0.2, 0) is 26.5 Å². The summed E-state index contributed by atoms with van der Waals surface area (Å²) in [6.07, 6.45) is 1.91. The summed E-state index contributed by atoms with van der Waals surface area (Å²) in [5.74, 6) is 0.0856. The second-order valence-electron chi connectivity index (χ2n) is 6.82. The van der Waals surface area contributed by atoms with Crippen molar-refractivity contribution in [1.82, 2.24) is 4.72 Å². The Hall–Kier alpha value is -1.61. The lowest BCUT2D eigenvalue weighted by Crippen LogP contribution is -2.38. The van der Waals surface area contributed by atoms with Gasteiger partial charge in [-0.25, -0.2) is 21.6 Å². The van der Waals surface area contributed by atoms with Gasteiger partial charge in [0.1, 0.15) is 0 Å². The molecule has 152 valence electrons. The Labute approximate surface area is 171 Å². The van der Waals surface area contributed by atoms with E-state index in [2.05, 4.69) is 4.72 Å². The number of benzene rings is 2. The van der Waals surface area contributed by atoms with E-state index in [9.17, 15) is 16.8 Å². The first-order valence-electron chi connectivity index (χ1n) is 9.04. The van der Waals surface area contributed by atoms with E-state index in [1.807, 2.05) is 12.1 Å². The fourth-order valence-corrected chi connectivity index (χ4v) is 6.22. The molecular weight excluding hydrogens is 420 g/mol. The number of aryl methyl sites for hydroxylation is 1. The van der Waals surface area contributed by atoms with Gasteiger partial charge in [-0.2, -0.15) is 0 Å². The number of nitrogens with one attached hydrogen (secondary N) is 1. The molecule has 6 nitrogen and oxygen atoms in total. The Balaban J connectivity index is 1.78. The topological polar surface area (TPSA) is 83.6 Å². The number of nitrogens with zero attached hydrogens (tertiary/aromatic N) is 1. The zero-order valence-electron chi connectivity index (χ0n) is 15.6. The molecule has 28 heavy (non-hydrogen) atoms. The first-order valence-corrected chi connectivity index (χ1v) is 12.5. The van der Waals surface area contributed by atoms with E-state index in [1.54, 1.807) is 31.2 Å². The summed E-state index contributed by atoms with van der Waals surface area (Å²) >= 11 is 5.86. The average molecular weight is 443 g/mol. The highest BCUT2D eigenvalue weighted by atomic mass is 35.5. The molecule has 0 bridgehead atoms. The van der Waals surface area contributed by atoms with Crippen LogP contribution in [0, 0.1) is 6.92 Å². The van der Waals surface area contributed by atoms with Gasteiger partial charge in [-0.05, 0) is 61.6 Å². The molecule has 0 amide bonds. The highest BCUT2D eigenvalue weighted by Crippen LogP contribution is 2.27. The van der Waals surface area contributed by atoms with Crippen LogP contribution in [0.2, 0.25) is 5.02 Å². The largest absolute Gasteiger partial charge is 0.270 e. The predicted octanol–water partition coefficient (Wildman–Crippen LogP) is 3.10. The molecule has 1 aliphatic heterocycles.